The molecule has 0 radical (unpaired) electrons. The molecule has 19 heavy (non-hydrogen) atoms. The van der Waals surface area contributed by atoms with Crippen molar-refractivity contribution in [3.05, 3.63) is 35.4 Å². The van der Waals surface area contributed by atoms with Crippen molar-refractivity contribution < 1.29 is 23.8 Å². The van der Waals surface area contributed by atoms with Crippen LogP contribution in [0.3, 0.4) is 0 Å². The summed E-state index contributed by atoms with van der Waals surface area (Å²) >= 11 is -0.911. The Bertz CT molecular complexity index is 420. The van der Waals surface area contributed by atoms with E-state index in [0.29, 0.717) is 11.6 Å². The van der Waals surface area contributed by atoms with Gasteiger partial charge in [-0.3, -0.25) is 0 Å². The molecule has 0 saturated carbocycles. The van der Waals surface area contributed by atoms with Crippen LogP contribution < -0.4 is 0 Å². The zero-order valence-electron chi connectivity index (χ0n) is 10.6. The van der Waals surface area contributed by atoms with Crippen molar-refractivity contribution in [1.29, 1.82) is 0 Å². The van der Waals surface area contributed by atoms with Gasteiger partial charge in [0.05, 0.1) is 0 Å². The Morgan fingerprint density at radius 3 is 2.37 bits per heavy atom. The van der Waals surface area contributed by atoms with Gasteiger partial charge in [0.2, 0.25) is 0 Å². The van der Waals surface area contributed by atoms with Crippen LogP contribution in [0.1, 0.15) is 31.4 Å². The van der Waals surface area contributed by atoms with Crippen LogP contribution in [0.15, 0.2) is 18.2 Å². The Balaban J connectivity index is 2.63. The molecule has 1 aromatic rings. The molecule has 1 aromatic carbocycles. The molecule has 0 saturated heterocycles. The third-order valence-corrected chi connectivity index (χ3v) is 6.17. The molecular weight excluding hydrogens is 317 g/mol. The maximum atomic E-state index is 13.0. The quantitative estimate of drug-likeness (QED) is 0.754. The van der Waals surface area contributed by atoms with Crippen LogP contribution in [-0.4, -0.2) is 31.9 Å². The summed E-state index contributed by atoms with van der Waals surface area (Å²) < 4.78 is 25.6. The SMILES string of the molecule is CCCC([AsH]CC(O)c1cc(F)cc(F)c1)C(=O)O. The Hall–Kier alpha value is -0.932. The normalized spacial score (nSPS) is 14.7. The number of benzene rings is 1. The molecule has 0 spiro atoms. The van der Waals surface area contributed by atoms with E-state index in [1.165, 1.54) is 0 Å². The molecule has 3 unspecified atom stereocenters. The van der Waals surface area contributed by atoms with Gasteiger partial charge in [0.1, 0.15) is 0 Å². The van der Waals surface area contributed by atoms with Crippen LogP contribution in [0, 0.1) is 11.6 Å². The van der Waals surface area contributed by atoms with Crippen molar-refractivity contribution in [2.75, 3.05) is 0 Å². The molecule has 0 fully saturated rings. The van der Waals surface area contributed by atoms with Crippen molar-refractivity contribution in [2.24, 2.45) is 0 Å². The molecule has 3 nitrogen and oxygen atoms in total. The van der Waals surface area contributed by atoms with Crippen LogP contribution in [0.2, 0.25) is 9.91 Å². The molecule has 3 atom stereocenters. The molecule has 0 aliphatic heterocycles. The van der Waals surface area contributed by atoms with Crippen LogP contribution >= 0.6 is 0 Å². The van der Waals surface area contributed by atoms with E-state index in [0.717, 1.165) is 24.6 Å². The van der Waals surface area contributed by atoms with E-state index >= 15 is 0 Å². The summed E-state index contributed by atoms with van der Waals surface area (Å²) in [7, 11) is 0. The molecule has 2 N–H and O–H groups in total. The van der Waals surface area contributed by atoms with Gasteiger partial charge in [0.15, 0.2) is 0 Å². The molecule has 0 amide bonds. The number of aliphatic hydroxyl groups excluding tert-OH is 1. The van der Waals surface area contributed by atoms with Gasteiger partial charge in [0.25, 0.3) is 0 Å². The van der Waals surface area contributed by atoms with Gasteiger partial charge in [-0.2, -0.15) is 0 Å². The average molecular weight is 334 g/mol. The summed E-state index contributed by atoms with van der Waals surface area (Å²) in [6, 6.07) is 2.90. The first-order valence-electron chi connectivity index (χ1n) is 6.04. The van der Waals surface area contributed by atoms with Gasteiger partial charge >= 0.3 is 117 Å². The summed E-state index contributed by atoms with van der Waals surface area (Å²) in [6.07, 6.45) is 0.356. The number of aliphatic hydroxyl groups is 1. The van der Waals surface area contributed by atoms with E-state index in [-0.39, 0.29) is 5.56 Å². The van der Waals surface area contributed by atoms with E-state index in [1.54, 1.807) is 0 Å². The number of halogens is 2. The van der Waals surface area contributed by atoms with Gasteiger partial charge in [-0.05, 0) is 0 Å². The minimum atomic E-state index is -0.996. The fourth-order valence-corrected chi connectivity index (χ4v) is 4.70. The monoisotopic (exact) mass is 334 g/mol. The van der Waals surface area contributed by atoms with Gasteiger partial charge in [0, 0.05) is 0 Å². The molecule has 0 bridgehead atoms. The number of hydrogen-bond donors (Lipinski definition) is 2. The second-order valence-corrected chi connectivity index (χ2v) is 7.48. The fourth-order valence-electron chi connectivity index (χ4n) is 1.74. The molecule has 106 valence electrons. The zero-order valence-corrected chi connectivity index (χ0v) is 12.7. The van der Waals surface area contributed by atoms with Crippen LogP contribution in [-0.2, 0) is 4.79 Å². The summed E-state index contributed by atoms with van der Waals surface area (Å²) in [5.74, 6) is -2.32. The summed E-state index contributed by atoms with van der Waals surface area (Å²) in [4.78, 5) is 11.0. The molecule has 0 aromatic heterocycles. The van der Waals surface area contributed by atoms with E-state index in [2.05, 4.69) is 0 Å². The van der Waals surface area contributed by atoms with Gasteiger partial charge in [-0.15, -0.1) is 0 Å². The number of carboxylic acids is 1. The predicted molar refractivity (Wildman–Crippen MR) is 69.6 cm³/mol. The van der Waals surface area contributed by atoms with E-state index in [1.807, 2.05) is 6.92 Å². The summed E-state index contributed by atoms with van der Waals surface area (Å²) in [5.41, 5.74) is 0.168. The Labute approximate surface area is 117 Å². The Kier molecular flexibility index (Phi) is 6.46. The summed E-state index contributed by atoms with van der Waals surface area (Å²) in [6.45, 7) is 1.90. The van der Waals surface area contributed by atoms with Crippen molar-refractivity contribution in [2.45, 2.75) is 35.8 Å². The molecule has 0 aliphatic carbocycles. The third-order valence-electron chi connectivity index (χ3n) is 2.70. The maximum absolute atomic E-state index is 13.0. The second kappa shape index (κ2) is 7.61. The molecule has 0 heterocycles. The predicted octanol–water partition coefficient (Wildman–Crippen LogP) is 2.53. The summed E-state index contributed by atoms with van der Waals surface area (Å²) in [5, 5.41) is 19.2. The number of carbonyl (C=O) groups is 1. The van der Waals surface area contributed by atoms with E-state index < -0.39 is 44.2 Å². The minimum absolute atomic E-state index is 0.168. The molecule has 6 heteroatoms. The fraction of sp³-hybridized carbons (Fsp3) is 0.462. The van der Waals surface area contributed by atoms with Crippen molar-refractivity contribution in [1.82, 2.24) is 0 Å². The molecule has 1 rings (SSSR count). The Morgan fingerprint density at radius 1 is 1.32 bits per heavy atom. The van der Waals surface area contributed by atoms with Crippen LogP contribution in [0.25, 0.3) is 0 Å². The number of aliphatic carboxylic acids is 1. The average Bonchev–Trinajstić information content (AvgIpc) is 2.32. The van der Waals surface area contributed by atoms with Crippen molar-refractivity contribution in [3.63, 3.8) is 0 Å². The van der Waals surface area contributed by atoms with Gasteiger partial charge in [-0.1, -0.05) is 0 Å². The zero-order chi connectivity index (χ0) is 14.4. The first-order chi connectivity index (χ1) is 8.93. The van der Waals surface area contributed by atoms with Gasteiger partial charge in [-0.25, -0.2) is 0 Å². The van der Waals surface area contributed by atoms with E-state index in [9.17, 15) is 18.7 Å². The number of hydrogen-bond acceptors (Lipinski definition) is 2. The molecule has 0 aliphatic rings. The first kappa shape index (κ1) is 16.1. The second-order valence-electron chi connectivity index (χ2n) is 4.31. The Morgan fingerprint density at radius 2 is 1.89 bits per heavy atom. The van der Waals surface area contributed by atoms with Crippen LogP contribution in [0.4, 0.5) is 8.78 Å². The van der Waals surface area contributed by atoms with Gasteiger partial charge < -0.3 is 0 Å². The van der Waals surface area contributed by atoms with Crippen molar-refractivity contribution >= 4 is 21.7 Å². The van der Waals surface area contributed by atoms with Crippen LogP contribution in [0.5, 0.6) is 0 Å². The number of rotatable bonds is 7. The standard InChI is InChI=1S/C13H17AsF2O3/c1-2-3-11(13(18)19)14-7-12(17)8-4-9(15)6-10(16)5-8/h4-6,11-12,14,17H,2-3,7H2,1H3,(H,18,19). The first-order valence-corrected chi connectivity index (χ1v) is 8.73. The van der Waals surface area contributed by atoms with Crippen molar-refractivity contribution in [3.8, 4) is 0 Å². The van der Waals surface area contributed by atoms with E-state index in [4.69, 9.17) is 5.11 Å². The topological polar surface area (TPSA) is 57.5 Å². The third kappa shape index (κ3) is 5.29. The number of carboxylic acid groups (broad SMARTS) is 1. The molecular formula is C13H17AsF2O3.